The highest BCUT2D eigenvalue weighted by atomic mass is 16.8. The molecule has 18 nitrogen and oxygen atoms in total. The van der Waals surface area contributed by atoms with Gasteiger partial charge in [0.15, 0.2) is 25.0 Å². The molecule has 3 heterocycles. The number of allylic oxidation sites excluding steroid dienone is 2. The lowest BCUT2D eigenvalue weighted by Gasteiger charge is -2.71. The Morgan fingerprint density at radius 3 is 2.06 bits per heavy atom. The number of aliphatic hydroxyl groups is 8. The molecule has 0 aromatic heterocycles. The van der Waals surface area contributed by atoms with Gasteiger partial charge in [-0.1, -0.05) is 60.1 Å². The molecule has 67 heavy (non-hydrogen) atoms. The molecule has 0 aromatic rings. The van der Waals surface area contributed by atoms with E-state index in [0.717, 1.165) is 44.9 Å². The van der Waals surface area contributed by atoms with Crippen LogP contribution in [0, 0.1) is 50.2 Å². The van der Waals surface area contributed by atoms with E-state index in [4.69, 9.17) is 33.2 Å². The van der Waals surface area contributed by atoms with Gasteiger partial charge in [0, 0.05) is 0 Å². The summed E-state index contributed by atoms with van der Waals surface area (Å²) >= 11 is 0. The quantitative estimate of drug-likeness (QED) is 0.0859. The summed E-state index contributed by atoms with van der Waals surface area (Å²) in [5.41, 5.74) is -0.265. The average molecular weight is 955 g/mol. The summed E-state index contributed by atoms with van der Waals surface area (Å²) in [5, 5.41) is 97.1. The van der Waals surface area contributed by atoms with Crippen molar-refractivity contribution in [1.82, 2.24) is 0 Å². The Morgan fingerprint density at radius 2 is 1.39 bits per heavy atom. The van der Waals surface area contributed by atoms with Gasteiger partial charge in [-0.2, -0.15) is 0 Å². The minimum atomic E-state index is -1.88. The molecule has 8 aliphatic rings. The summed E-state index contributed by atoms with van der Waals surface area (Å²) in [4.78, 5) is 26.4. The molecule has 22 atom stereocenters. The topological polar surface area (TPSA) is 281 Å². The molecule has 3 saturated heterocycles. The number of carboxylic acids is 1. The molecule has 7 fully saturated rings. The lowest BCUT2D eigenvalue weighted by molar-refractivity contribution is -0.387. The van der Waals surface area contributed by atoms with Gasteiger partial charge in [-0.05, 0) is 116 Å². The van der Waals surface area contributed by atoms with Gasteiger partial charge in [-0.3, -0.25) is 4.79 Å². The first kappa shape index (κ1) is 51.5. The predicted molar refractivity (Wildman–Crippen MR) is 234 cm³/mol. The van der Waals surface area contributed by atoms with Crippen LogP contribution in [0.1, 0.15) is 120 Å². The Hall–Kier alpha value is -1.88. The third-order valence-electron chi connectivity index (χ3n) is 19.2. The maximum absolute atomic E-state index is 13.2. The van der Waals surface area contributed by atoms with E-state index in [2.05, 4.69) is 54.5 Å². The second-order valence-electron chi connectivity index (χ2n) is 23.5. The van der Waals surface area contributed by atoms with Crippen molar-refractivity contribution in [2.75, 3.05) is 19.8 Å². The van der Waals surface area contributed by atoms with Crippen LogP contribution in [0.5, 0.6) is 0 Å². The van der Waals surface area contributed by atoms with Gasteiger partial charge < -0.3 is 79.1 Å². The van der Waals surface area contributed by atoms with E-state index in [1.54, 1.807) is 6.92 Å². The number of aliphatic carboxylic acids is 1. The molecule has 8 rings (SSSR count). The van der Waals surface area contributed by atoms with Crippen LogP contribution in [0.15, 0.2) is 11.6 Å². The number of hydrogen-bond donors (Lipinski definition) is 9. The Morgan fingerprint density at radius 1 is 0.716 bits per heavy atom. The number of carboxylic acid groups (broad SMARTS) is 1. The van der Waals surface area contributed by atoms with Crippen LogP contribution in [0.4, 0.5) is 0 Å². The third-order valence-corrected chi connectivity index (χ3v) is 19.2. The van der Waals surface area contributed by atoms with Gasteiger partial charge in [0.25, 0.3) is 0 Å². The van der Waals surface area contributed by atoms with Crippen LogP contribution in [0.25, 0.3) is 0 Å². The van der Waals surface area contributed by atoms with E-state index in [0.29, 0.717) is 25.2 Å². The second kappa shape index (κ2) is 18.3. The SMILES string of the molecule is CCOC(=O)[C@H]1O[C@@H](O[C@H]2CC[C@]3(C)[C@H]4CC=C5[C@@H]6CC(C)(C)CC[C@]6(C(=O)O)CC[C@@]5(C)[C@]4(C)CC[C@H]3C2(C)C)[C@H](O[C@@H]2OC[C@@H](O)[C@H](O)[C@H]2O[C@@H]2O[C@H](CO)[C@@H](O)[C@H](O)[C@H]2O)[C@@H](O)[C@@H]1O. The molecule has 4 saturated carbocycles. The number of fused-ring (bicyclic) bond motifs is 7. The lowest BCUT2D eigenvalue weighted by atomic mass is 9.33. The van der Waals surface area contributed by atoms with E-state index in [1.165, 1.54) is 5.57 Å². The molecule has 0 radical (unpaired) electrons. The molecule has 0 aromatic carbocycles. The number of rotatable bonds is 10. The minimum absolute atomic E-state index is 0.00347. The average Bonchev–Trinajstić information content (AvgIpc) is 3.26. The van der Waals surface area contributed by atoms with Crippen LogP contribution in [0.2, 0.25) is 0 Å². The smallest absolute Gasteiger partial charge is 0.338 e. The zero-order valence-electron chi connectivity index (χ0n) is 40.4. The minimum Gasteiger partial charge on any atom is -0.481 e. The summed E-state index contributed by atoms with van der Waals surface area (Å²) in [5.74, 6) is -1.17. The van der Waals surface area contributed by atoms with Crippen molar-refractivity contribution in [3.63, 3.8) is 0 Å². The molecule has 3 aliphatic heterocycles. The zero-order chi connectivity index (χ0) is 49.0. The second-order valence-corrected chi connectivity index (χ2v) is 23.5. The maximum Gasteiger partial charge on any atom is 0.338 e. The number of ether oxygens (including phenoxy) is 7. The summed E-state index contributed by atoms with van der Waals surface area (Å²) in [6.07, 6.45) is -13.9. The molecule has 0 amide bonds. The highest BCUT2D eigenvalue weighted by molar-refractivity contribution is 5.77. The Balaban J connectivity index is 1.06. The van der Waals surface area contributed by atoms with Gasteiger partial charge in [0.1, 0.15) is 61.0 Å². The van der Waals surface area contributed by atoms with Crippen molar-refractivity contribution in [2.45, 2.75) is 212 Å². The van der Waals surface area contributed by atoms with E-state index >= 15 is 0 Å². The molecule has 9 N–H and O–H groups in total. The fraction of sp³-hybridized carbons (Fsp3) is 0.918. The van der Waals surface area contributed by atoms with Crippen molar-refractivity contribution in [3.05, 3.63) is 11.6 Å². The standard InChI is InChI=1S/C49H78O18/c1-9-61-39(58)36-33(55)34(56)38(67-41-37(30(52)25(51)22-62-41)66-40-35(57)32(54)31(53)26(21-50)63-40)42(65-36)64-29-13-14-46(6)27(45(29,4)5)12-15-48(8)28(46)11-10-23-24-20-44(2,3)16-18-49(24,43(59)60)19-17-47(23,48)7/h10,24-38,40-42,50-57H,9,11-22H2,1-8H3,(H,59,60)/t24-,25+,26+,27-,28+,29-,30-,31+,32-,33-,34-,35+,36-,37+,38+,40-,41-,42+,46-,47+,48+,49-/m0/s1. The molecule has 0 bridgehead atoms. The van der Waals surface area contributed by atoms with Crippen molar-refractivity contribution in [3.8, 4) is 0 Å². The van der Waals surface area contributed by atoms with Crippen LogP contribution in [-0.2, 0) is 42.7 Å². The Bertz CT molecular complexity index is 1860. The van der Waals surface area contributed by atoms with Gasteiger partial charge in [-0.15, -0.1) is 0 Å². The number of carbonyl (C=O) groups is 2. The number of carbonyl (C=O) groups excluding carboxylic acids is 1. The molecule has 0 unspecified atom stereocenters. The van der Waals surface area contributed by atoms with Crippen LogP contribution < -0.4 is 0 Å². The maximum atomic E-state index is 13.2. The van der Waals surface area contributed by atoms with Crippen LogP contribution in [0.3, 0.4) is 0 Å². The molecule has 5 aliphatic carbocycles. The number of aliphatic hydroxyl groups excluding tert-OH is 8. The summed E-state index contributed by atoms with van der Waals surface area (Å²) in [6, 6.07) is 0. The van der Waals surface area contributed by atoms with Crippen molar-refractivity contribution in [1.29, 1.82) is 0 Å². The Kier molecular flexibility index (Phi) is 14.1. The molecular weight excluding hydrogens is 877 g/mol. The summed E-state index contributed by atoms with van der Waals surface area (Å²) in [7, 11) is 0. The van der Waals surface area contributed by atoms with E-state index in [1.807, 2.05) is 0 Å². The first-order valence-corrected chi connectivity index (χ1v) is 24.7. The van der Waals surface area contributed by atoms with Gasteiger partial charge in [-0.25, -0.2) is 4.79 Å². The Labute approximate surface area is 393 Å². The predicted octanol–water partition coefficient (Wildman–Crippen LogP) is 1.92. The largest absolute Gasteiger partial charge is 0.481 e. The third kappa shape index (κ3) is 8.26. The van der Waals surface area contributed by atoms with Crippen molar-refractivity contribution < 1.29 is 88.7 Å². The van der Waals surface area contributed by atoms with Crippen LogP contribution in [-0.4, -0.2) is 170 Å². The number of esters is 1. The number of hydrogen-bond acceptors (Lipinski definition) is 17. The molecule has 18 heteroatoms. The fourth-order valence-corrected chi connectivity index (χ4v) is 15.0. The summed E-state index contributed by atoms with van der Waals surface area (Å²) < 4.78 is 41.8. The first-order valence-electron chi connectivity index (χ1n) is 24.7. The highest BCUT2D eigenvalue weighted by Crippen LogP contribution is 2.76. The normalized spacial score (nSPS) is 51.5. The lowest BCUT2D eigenvalue weighted by Crippen LogP contribution is -2.67. The van der Waals surface area contributed by atoms with E-state index in [-0.39, 0.29) is 40.1 Å². The van der Waals surface area contributed by atoms with Crippen molar-refractivity contribution in [2.24, 2.45) is 50.2 Å². The van der Waals surface area contributed by atoms with Crippen molar-refractivity contribution >= 4 is 11.9 Å². The zero-order valence-corrected chi connectivity index (χ0v) is 40.4. The fourth-order valence-electron chi connectivity index (χ4n) is 15.0. The first-order chi connectivity index (χ1) is 31.3. The van der Waals surface area contributed by atoms with E-state index < -0.39 is 128 Å². The molecule has 0 spiro atoms. The van der Waals surface area contributed by atoms with Gasteiger partial charge >= 0.3 is 11.9 Å². The molecular formula is C49H78O18. The molecule has 382 valence electrons. The van der Waals surface area contributed by atoms with Gasteiger partial charge in [0.2, 0.25) is 0 Å². The highest BCUT2D eigenvalue weighted by Gasteiger charge is 2.70. The summed E-state index contributed by atoms with van der Waals surface area (Å²) in [6.45, 7) is 16.5. The van der Waals surface area contributed by atoms with Crippen LogP contribution >= 0.6 is 0 Å². The van der Waals surface area contributed by atoms with Gasteiger partial charge in [0.05, 0.1) is 31.3 Å². The monoisotopic (exact) mass is 955 g/mol. The van der Waals surface area contributed by atoms with E-state index in [9.17, 15) is 55.5 Å².